The van der Waals surface area contributed by atoms with Gasteiger partial charge in [-0.3, -0.25) is 0 Å². The number of benzene rings is 2. The van der Waals surface area contributed by atoms with Crippen LogP contribution in [0.25, 0.3) is 11.0 Å². The lowest BCUT2D eigenvalue weighted by Gasteiger charge is -2.09. The fourth-order valence-electron chi connectivity index (χ4n) is 2.29. The lowest BCUT2D eigenvalue weighted by molar-refractivity contribution is 0.545. The smallest absolute Gasteiger partial charge is 0.134 e. The van der Waals surface area contributed by atoms with Crippen molar-refractivity contribution in [2.24, 2.45) is 0 Å². The van der Waals surface area contributed by atoms with Crippen molar-refractivity contribution in [3.05, 3.63) is 71.5 Å². The van der Waals surface area contributed by atoms with Gasteiger partial charge in [-0.25, -0.2) is 0 Å². The van der Waals surface area contributed by atoms with E-state index in [1.165, 1.54) is 11.1 Å². The second-order valence-corrected chi connectivity index (χ2v) is 5.89. The van der Waals surface area contributed by atoms with E-state index in [0.717, 1.165) is 23.2 Å². The molecule has 1 aromatic heterocycles. The first-order valence-corrected chi connectivity index (χ1v) is 7.32. The molecule has 2 aromatic carbocycles. The molecule has 3 aromatic rings. The predicted octanol–water partition coefficient (Wildman–Crippen LogP) is 5.42. The Kier molecular flexibility index (Phi) is 3.43. The molecule has 0 aliphatic rings. The summed E-state index contributed by atoms with van der Waals surface area (Å²) in [6.45, 7) is 2.15. The van der Waals surface area contributed by atoms with E-state index in [2.05, 4.69) is 59.3 Å². The molecule has 0 aliphatic carbocycles. The van der Waals surface area contributed by atoms with E-state index in [9.17, 15) is 0 Å². The molecule has 2 heteroatoms. The standard InChI is InChI=1S/C17H15BrO/c1-12-6-2-3-7-13(12)10-15(18)17-11-14-8-4-5-9-16(14)19-17/h2-9,11,15H,10H2,1H3. The fraction of sp³-hybridized carbons (Fsp3) is 0.176. The molecule has 1 nitrogen and oxygen atoms in total. The third kappa shape index (κ3) is 2.59. The summed E-state index contributed by atoms with van der Waals surface area (Å²) in [6, 6.07) is 18.7. The Bertz CT molecular complexity index is 666. The van der Waals surface area contributed by atoms with E-state index in [1.807, 2.05) is 18.2 Å². The van der Waals surface area contributed by atoms with Gasteiger partial charge >= 0.3 is 0 Å². The summed E-state index contributed by atoms with van der Waals surface area (Å²) in [7, 11) is 0. The zero-order valence-corrected chi connectivity index (χ0v) is 12.4. The Morgan fingerprint density at radius 2 is 1.79 bits per heavy atom. The Labute approximate surface area is 121 Å². The third-order valence-electron chi connectivity index (χ3n) is 3.41. The Hall–Kier alpha value is -1.54. The van der Waals surface area contributed by atoms with E-state index in [-0.39, 0.29) is 4.83 Å². The maximum Gasteiger partial charge on any atom is 0.134 e. The highest BCUT2D eigenvalue weighted by Crippen LogP contribution is 2.32. The summed E-state index contributed by atoms with van der Waals surface area (Å²) in [5, 5.41) is 1.16. The number of fused-ring (bicyclic) bond motifs is 1. The Morgan fingerprint density at radius 3 is 2.58 bits per heavy atom. The van der Waals surface area contributed by atoms with Crippen molar-refractivity contribution in [2.75, 3.05) is 0 Å². The summed E-state index contributed by atoms with van der Waals surface area (Å²) in [6.07, 6.45) is 0.937. The molecule has 0 aliphatic heterocycles. The van der Waals surface area contributed by atoms with Gasteiger partial charge in [0, 0.05) is 5.39 Å². The maximum absolute atomic E-state index is 5.90. The normalized spacial score (nSPS) is 12.7. The quantitative estimate of drug-likeness (QED) is 0.588. The molecule has 1 unspecified atom stereocenters. The number of para-hydroxylation sites is 1. The van der Waals surface area contributed by atoms with Crippen LogP contribution in [0.4, 0.5) is 0 Å². The molecule has 1 heterocycles. The monoisotopic (exact) mass is 314 g/mol. The van der Waals surface area contributed by atoms with Gasteiger partial charge in [-0.1, -0.05) is 58.4 Å². The first-order valence-electron chi connectivity index (χ1n) is 6.41. The van der Waals surface area contributed by atoms with E-state index in [1.54, 1.807) is 0 Å². The molecule has 1 atom stereocenters. The fourth-order valence-corrected chi connectivity index (χ4v) is 2.86. The molecule has 0 amide bonds. The zero-order valence-electron chi connectivity index (χ0n) is 10.8. The van der Waals surface area contributed by atoms with Crippen LogP contribution in [0.5, 0.6) is 0 Å². The van der Waals surface area contributed by atoms with Gasteiger partial charge < -0.3 is 4.42 Å². The van der Waals surface area contributed by atoms with Gasteiger partial charge in [0.15, 0.2) is 0 Å². The Balaban J connectivity index is 1.87. The second-order valence-electron chi connectivity index (χ2n) is 4.78. The van der Waals surface area contributed by atoms with Crippen LogP contribution in [-0.4, -0.2) is 0 Å². The number of aryl methyl sites for hydroxylation is 1. The van der Waals surface area contributed by atoms with Crippen molar-refractivity contribution < 1.29 is 4.42 Å². The van der Waals surface area contributed by atoms with Gasteiger partial charge in [0.25, 0.3) is 0 Å². The lowest BCUT2D eigenvalue weighted by atomic mass is 10.0. The molecule has 0 N–H and O–H groups in total. The molecule has 96 valence electrons. The van der Waals surface area contributed by atoms with Gasteiger partial charge in [0.1, 0.15) is 11.3 Å². The van der Waals surface area contributed by atoms with Crippen LogP contribution >= 0.6 is 15.9 Å². The molecule has 19 heavy (non-hydrogen) atoms. The highest BCUT2D eigenvalue weighted by molar-refractivity contribution is 9.09. The van der Waals surface area contributed by atoms with Crippen LogP contribution in [0.2, 0.25) is 0 Å². The number of hydrogen-bond acceptors (Lipinski definition) is 1. The van der Waals surface area contributed by atoms with Crippen molar-refractivity contribution >= 4 is 26.9 Å². The van der Waals surface area contributed by atoms with Crippen LogP contribution in [0.3, 0.4) is 0 Å². The summed E-state index contributed by atoms with van der Waals surface area (Å²) in [5.41, 5.74) is 3.62. The molecule has 0 fully saturated rings. The molecular weight excluding hydrogens is 300 g/mol. The molecule has 0 bridgehead atoms. The van der Waals surface area contributed by atoms with Crippen molar-refractivity contribution in [1.82, 2.24) is 0 Å². The largest absolute Gasteiger partial charge is 0.460 e. The Morgan fingerprint density at radius 1 is 1.05 bits per heavy atom. The van der Waals surface area contributed by atoms with Crippen LogP contribution < -0.4 is 0 Å². The summed E-state index contributed by atoms with van der Waals surface area (Å²) in [4.78, 5) is 0.209. The average molecular weight is 315 g/mol. The minimum atomic E-state index is 0.209. The SMILES string of the molecule is Cc1ccccc1CC(Br)c1cc2ccccc2o1. The minimum Gasteiger partial charge on any atom is -0.460 e. The number of alkyl halides is 1. The van der Waals surface area contributed by atoms with Gasteiger partial charge in [-0.15, -0.1) is 0 Å². The molecule has 0 radical (unpaired) electrons. The van der Waals surface area contributed by atoms with E-state index in [4.69, 9.17) is 4.42 Å². The van der Waals surface area contributed by atoms with Crippen LogP contribution in [0.1, 0.15) is 21.7 Å². The van der Waals surface area contributed by atoms with Crippen molar-refractivity contribution in [3.8, 4) is 0 Å². The van der Waals surface area contributed by atoms with Gasteiger partial charge in [-0.2, -0.15) is 0 Å². The first kappa shape index (κ1) is 12.5. The second kappa shape index (κ2) is 5.22. The molecule has 0 spiro atoms. The van der Waals surface area contributed by atoms with Crippen molar-refractivity contribution in [3.63, 3.8) is 0 Å². The van der Waals surface area contributed by atoms with Crippen LogP contribution in [0, 0.1) is 6.92 Å². The van der Waals surface area contributed by atoms with E-state index in [0.29, 0.717) is 0 Å². The summed E-state index contributed by atoms with van der Waals surface area (Å²) >= 11 is 3.74. The molecule has 0 saturated heterocycles. The predicted molar refractivity (Wildman–Crippen MR) is 82.8 cm³/mol. The van der Waals surface area contributed by atoms with Crippen molar-refractivity contribution in [2.45, 2.75) is 18.2 Å². The maximum atomic E-state index is 5.90. The van der Waals surface area contributed by atoms with Gasteiger partial charge in [-0.05, 0) is 36.6 Å². The van der Waals surface area contributed by atoms with E-state index < -0.39 is 0 Å². The minimum absolute atomic E-state index is 0.209. The zero-order chi connectivity index (χ0) is 13.2. The van der Waals surface area contributed by atoms with Crippen molar-refractivity contribution in [1.29, 1.82) is 0 Å². The molecule has 3 rings (SSSR count). The average Bonchev–Trinajstić information content (AvgIpc) is 2.85. The van der Waals surface area contributed by atoms with Gasteiger partial charge in [0.05, 0.1) is 4.83 Å². The number of halogens is 1. The van der Waals surface area contributed by atoms with Gasteiger partial charge in [0.2, 0.25) is 0 Å². The number of rotatable bonds is 3. The van der Waals surface area contributed by atoms with Crippen LogP contribution in [-0.2, 0) is 6.42 Å². The molecular formula is C17H15BrO. The summed E-state index contributed by atoms with van der Waals surface area (Å²) in [5.74, 6) is 0.990. The topological polar surface area (TPSA) is 13.1 Å². The van der Waals surface area contributed by atoms with E-state index >= 15 is 0 Å². The number of hydrogen-bond donors (Lipinski definition) is 0. The number of furan rings is 1. The van der Waals surface area contributed by atoms with Crippen LogP contribution in [0.15, 0.2) is 59.0 Å². The highest BCUT2D eigenvalue weighted by atomic mass is 79.9. The third-order valence-corrected chi connectivity index (χ3v) is 4.19. The lowest BCUT2D eigenvalue weighted by Crippen LogP contribution is -1.95. The first-order chi connectivity index (χ1) is 9.24. The molecule has 0 saturated carbocycles. The highest BCUT2D eigenvalue weighted by Gasteiger charge is 2.14. The summed E-state index contributed by atoms with van der Waals surface area (Å²) < 4.78 is 5.90.